The van der Waals surface area contributed by atoms with Crippen molar-refractivity contribution in [2.45, 2.75) is 0 Å². The lowest BCUT2D eigenvalue weighted by atomic mass is 9.77. The fourth-order valence-corrected chi connectivity index (χ4v) is 1.80. The van der Waals surface area contributed by atoms with Crippen molar-refractivity contribution in [3.8, 4) is 0 Å². The van der Waals surface area contributed by atoms with E-state index in [1.54, 1.807) is 18.2 Å². The maximum absolute atomic E-state index is 12.7. The lowest BCUT2D eigenvalue weighted by Gasteiger charge is -2.18. The smallest absolute Gasteiger partial charge is 0.445 e. The fourth-order valence-electron chi connectivity index (χ4n) is 1.57. The summed E-state index contributed by atoms with van der Waals surface area (Å²) in [5.41, 5.74) is -0.588. The maximum Gasteiger partial charge on any atom is 0.510 e. The summed E-state index contributed by atoms with van der Waals surface area (Å²) < 4.78 is 38.0. The van der Waals surface area contributed by atoms with Gasteiger partial charge in [0, 0.05) is 5.02 Å². The molecule has 0 saturated carbocycles. The standard InChI is InChI=1S/C10H6BClF3/c12-10-6-5-9(11(13,14)15)7-3-1-2-4-8(7)10/h1-6H/q-1. The first-order chi connectivity index (χ1) is 7.00. The highest BCUT2D eigenvalue weighted by molar-refractivity contribution is 6.76. The van der Waals surface area contributed by atoms with Crippen LogP contribution in [0.25, 0.3) is 10.8 Å². The molecule has 2 aromatic rings. The zero-order valence-corrected chi connectivity index (χ0v) is 8.31. The monoisotopic (exact) mass is 229 g/mol. The molecule has 0 radical (unpaired) electrons. The Bertz CT molecular complexity index is 507. The molecule has 0 saturated heterocycles. The van der Waals surface area contributed by atoms with Gasteiger partial charge in [0.2, 0.25) is 0 Å². The van der Waals surface area contributed by atoms with E-state index in [2.05, 4.69) is 0 Å². The average Bonchev–Trinajstić information content (AvgIpc) is 2.17. The molecular weight excluding hydrogens is 223 g/mol. The van der Waals surface area contributed by atoms with Gasteiger partial charge in [-0.1, -0.05) is 41.9 Å². The highest BCUT2D eigenvalue weighted by Gasteiger charge is 2.27. The number of benzene rings is 2. The van der Waals surface area contributed by atoms with Crippen molar-refractivity contribution in [1.82, 2.24) is 0 Å². The molecule has 0 atom stereocenters. The third-order valence-electron chi connectivity index (χ3n) is 2.26. The minimum Gasteiger partial charge on any atom is -0.445 e. The molecule has 2 aromatic carbocycles. The molecular formula is C10H6BClF3-. The zero-order valence-electron chi connectivity index (χ0n) is 7.55. The van der Waals surface area contributed by atoms with E-state index in [9.17, 15) is 12.9 Å². The molecule has 78 valence electrons. The van der Waals surface area contributed by atoms with Gasteiger partial charge in [-0.05, 0) is 16.8 Å². The van der Waals surface area contributed by atoms with Gasteiger partial charge in [-0.25, -0.2) is 0 Å². The van der Waals surface area contributed by atoms with Crippen LogP contribution in [0.5, 0.6) is 0 Å². The Hall–Kier alpha value is -1.16. The summed E-state index contributed by atoms with van der Waals surface area (Å²) in [5, 5.41) is 0.947. The van der Waals surface area contributed by atoms with Gasteiger partial charge in [-0.2, -0.15) is 0 Å². The first kappa shape index (κ1) is 10.4. The highest BCUT2D eigenvalue weighted by Crippen LogP contribution is 2.24. The van der Waals surface area contributed by atoms with Gasteiger partial charge in [-0.15, -0.1) is 5.46 Å². The molecule has 0 spiro atoms. The molecule has 2 rings (SSSR count). The summed E-state index contributed by atoms with van der Waals surface area (Å²) in [4.78, 5) is 0. The average molecular weight is 229 g/mol. The molecule has 0 nitrogen and oxygen atoms in total. The van der Waals surface area contributed by atoms with Gasteiger partial charge < -0.3 is 12.9 Å². The van der Waals surface area contributed by atoms with Crippen LogP contribution >= 0.6 is 11.6 Å². The molecule has 0 unspecified atom stereocenters. The summed E-state index contributed by atoms with van der Waals surface area (Å²) in [6.45, 7) is -4.99. The SMILES string of the molecule is F[B-](F)(F)c1ccc(Cl)c2ccccc12. The molecule has 0 bridgehead atoms. The Morgan fingerprint density at radius 2 is 1.47 bits per heavy atom. The predicted molar refractivity (Wildman–Crippen MR) is 57.7 cm³/mol. The lowest BCUT2D eigenvalue weighted by molar-refractivity contribution is 0.502. The fraction of sp³-hybridized carbons (Fsp3) is 0. The highest BCUT2D eigenvalue weighted by atomic mass is 35.5. The Kier molecular flexibility index (Phi) is 2.39. The predicted octanol–water partition coefficient (Wildman–Crippen LogP) is 3.55. The summed E-state index contributed by atoms with van der Waals surface area (Å²) in [6.07, 6.45) is 0. The molecule has 0 amide bonds. The van der Waals surface area contributed by atoms with Crippen molar-refractivity contribution >= 4 is 34.8 Å². The van der Waals surface area contributed by atoms with Crippen LogP contribution in [0.2, 0.25) is 5.02 Å². The van der Waals surface area contributed by atoms with Crippen LogP contribution in [-0.4, -0.2) is 6.98 Å². The van der Waals surface area contributed by atoms with Crippen molar-refractivity contribution in [2.24, 2.45) is 0 Å². The Morgan fingerprint density at radius 1 is 0.867 bits per heavy atom. The Balaban J connectivity index is 2.84. The number of hydrogen-bond donors (Lipinski definition) is 0. The lowest BCUT2D eigenvalue weighted by Crippen LogP contribution is -2.34. The number of halogens is 4. The Morgan fingerprint density at radius 3 is 2.07 bits per heavy atom. The van der Waals surface area contributed by atoms with Crippen LogP contribution in [0, 0.1) is 0 Å². The van der Waals surface area contributed by atoms with Crippen molar-refractivity contribution in [3.05, 3.63) is 41.4 Å². The molecule has 0 aliphatic carbocycles. The van der Waals surface area contributed by atoms with Crippen molar-refractivity contribution in [3.63, 3.8) is 0 Å². The second-order valence-corrected chi connectivity index (χ2v) is 3.66. The largest absolute Gasteiger partial charge is 0.510 e. The van der Waals surface area contributed by atoms with Gasteiger partial charge >= 0.3 is 6.98 Å². The van der Waals surface area contributed by atoms with E-state index in [4.69, 9.17) is 11.6 Å². The van der Waals surface area contributed by atoms with Crippen molar-refractivity contribution in [2.75, 3.05) is 0 Å². The van der Waals surface area contributed by atoms with Crippen LogP contribution in [-0.2, 0) is 0 Å². The van der Waals surface area contributed by atoms with Crippen LogP contribution in [0.4, 0.5) is 12.9 Å². The van der Waals surface area contributed by atoms with E-state index < -0.39 is 12.4 Å². The van der Waals surface area contributed by atoms with Crippen LogP contribution in [0.15, 0.2) is 36.4 Å². The van der Waals surface area contributed by atoms with E-state index in [0.29, 0.717) is 10.4 Å². The van der Waals surface area contributed by atoms with Crippen molar-refractivity contribution < 1.29 is 12.9 Å². The van der Waals surface area contributed by atoms with E-state index in [-0.39, 0.29) is 5.39 Å². The third kappa shape index (κ3) is 1.82. The van der Waals surface area contributed by atoms with Crippen LogP contribution in [0.1, 0.15) is 0 Å². The zero-order chi connectivity index (χ0) is 11.1. The number of fused-ring (bicyclic) bond motifs is 1. The topological polar surface area (TPSA) is 0 Å². The molecule has 0 fully saturated rings. The molecule has 0 aliphatic heterocycles. The first-order valence-electron chi connectivity index (χ1n) is 4.37. The second kappa shape index (κ2) is 3.45. The molecule has 5 heteroatoms. The van der Waals surface area contributed by atoms with Crippen LogP contribution < -0.4 is 5.46 Å². The van der Waals surface area contributed by atoms with Gasteiger partial charge in [0.05, 0.1) is 0 Å². The summed E-state index contributed by atoms with van der Waals surface area (Å²) in [6, 6.07) is 8.58. The van der Waals surface area contributed by atoms with Gasteiger partial charge in [0.25, 0.3) is 0 Å². The quantitative estimate of drug-likeness (QED) is 0.656. The minimum atomic E-state index is -4.99. The summed E-state index contributed by atoms with van der Waals surface area (Å²) in [5.74, 6) is 0. The molecule has 0 aliphatic rings. The maximum atomic E-state index is 12.7. The normalized spacial score (nSPS) is 12.0. The van der Waals surface area contributed by atoms with E-state index >= 15 is 0 Å². The molecule has 0 N–H and O–H groups in total. The van der Waals surface area contributed by atoms with Gasteiger partial charge in [0.15, 0.2) is 0 Å². The second-order valence-electron chi connectivity index (χ2n) is 3.26. The third-order valence-corrected chi connectivity index (χ3v) is 2.59. The summed E-state index contributed by atoms with van der Waals surface area (Å²) >= 11 is 5.82. The number of hydrogen-bond acceptors (Lipinski definition) is 0. The van der Waals surface area contributed by atoms with Gasteiger partial charge in [-0.3, -0.25) is 0 Å². The van der Waals surface area contributed by atoms with E-state index in [1.807, 2.05) is 0 Å². The van der Waals surface area contributed by atoms with E-state index in [0.717, 1.165) is 6.07 Å². The molecule has 0 heterocycles. The number of rotatable bonds is 1. The Labute approximate surface area is 89.7 Å². The molecule has 15 heavy (non-hydrogen) atoms. The van der Waals surface area contributed by atoms with E-state index in [1.165, 1.54) is 12.1 Å². The van der Waals surface area contributed by atoms with Crippen LogP contribution in [0.3, 0.4) is 0 Å². The van der Waals surface area contributed by atoms with Gasteiger partial charge in [0.1, 0.15) is 0 Å². The summed E-state index contributed by atoms with van der Waals surface area (Å²) in [7, 11) is 0. The van der Waals surface area contributed by atoms with Crippen molar-refractivity contribution in [1.29, 1.82) is 0 Å². The first-order valence-corrected chi connectivity index (χ1v) is 4.75. The minimum absolute atomic E-state index is 0.164. The molecule has 0 aromatic heterocycles.